The average molecular weight is 1240 g/mol. The van der Waals surface area contributed by atoms with Crippen LogP contribution in [0.15, 0.2) is 0 Å². The lowest BCUT2D eigenvalue weighted by Crippen LogP contribution is -2.30. The molecule has 84 heavy (non-hydrogen) atoms. The quantitative estimate of drug-likeness (QED) is 0.0222. The lowest BCUT2D eigenvalue weighted by molar-refractivity contribution is -0.161. The van der Waals surface area contributed by atoms with Gasteiger partial charge in [0.05, 0.1) is 26.4 Å². The van der Waals surface area contributed by atoms with E-state index in [1.165, 1.54) is 135 Å². The summed E-state index contributed by atoms with van der Waals surface area (Å²) in [6.07, 6.45) is 40.7. The fourth-order valence-electron chi connectivity index (χ4n) is 9.68. The molecule has 17 nitrogen and oxygen atoms in total. The molecule has 0 rings (SSSR count). The van der Waals surface area contributed by atoms with Crippen molar-refractivity contribution in [3.05, 3.63) is 0 Å². The van der Waals surface area contributed by atoms with Gasteiger partial charge in [0, 0.05) is 25.7 Å². The van der Waals surface area contributed by atoms with Crippen LogP contribution in [-0.2, 0) is 65.4 Å². The van der Waals surface area contributed by atoms with Gasteiger partial charge in [-0.05, 0) is 37.5 Å². The first kappa shape index (κ1) is 82.1. The standard InChI is InChI=1S/C65H126O17P2/c1-7-10-12-14-15-16-22-26-29-36-42-48-63(68)76-54-61(81-64(69)49-43-37-30-27-24-21-19-17-18-20-23-25-28-34-39-45-57(4)5)56-80-84(73,74)78-52-59(66)51-77-83(71,72)79-55-60(53-75-62(67)47-41-33-13-11-8-2)82-65(70)50-44-38-32-31-35-40-46-58(6)9-3/h57-61,66H,7-56H2,1-6H3,(H,71,72)(H,73,74)/t58?,59-,60+,61+/m0/s1. The Bertz CT molecular complexity index is 1650. The van der Waals surface area contributed by atoms with Crippen molar-refractivity contribution in [3.8, 4) is 0 Å². The van der Waals surface area contributed by atoms with E-state index in [0.29, 0.717) is 25.7 Å². The fraction of sp³-hybridized carbons (Fsp3) is 0.938. The van der Waals surface area contributed by atoms with E-state index in [1.807, 2.05) is 0 Å². The predicted octanol–water partition coefficient (Wildman–Crippen LogP) is 18.0. The molecule has 19 heteroatoms. The number of ether oxygens (including phenoxy) is 4. The number of unbranched alkanes of at least 4 members (excludes halogenated alkanes) is 33. The fourth-order valence-corrected chi connectivity index (χ4v) is 11.3. The van der Waals surface area contributed by atoms with Crippen LogP contribution in [0.5, 0.6) is 0 Å². The summed E-state index contributed by atoms with van der Waals surface area (Å²) in [5.41, 5.74) is 0. The van der Waals surface area contributed by atoms with Crippen LogP contribution in [-0.4, -0.2) is 96.7 Å². The van der Waals surface area contributed by atoms with E-state index in [4.69, 9.17) is 37.0 Å². The van der Waals surface area contributed by atoms with Crippen molar-refractivity contribution in [2.75, 3.05) is 39.6 Å². The molecule has 0 amide bonds. The third-order valence-electron chi connectivity index (χ3n) is 15.3. The Labute approximate surface area is 511 Å². The van der Waals surface area contributed by atoms with Gasteiger partial charge in [0.1, 0.15) is 19.3 Å². The Morgan fingerprint density at radius 1 is 0.345 bits per heavy atom. The molecule has 0 spiro atoms. The zero-order chi connectivity index (χ0) is 62.2. The molecule has 0 aromatic rings. The highest BCUT2D eigenvalue weighted by molar-refractivity contribution is 7.47. The smallest absolute Gasteiger partial charge is 0.462 e. The molecule has 0 heterocycles. The summed E-state index contributed by atoms with van der Waals surface area (Å²) in [6.45, 7) is 9.39. The summed E-state index contributed by atoms with van der Waals surface area (Å²) in [6, 6.07) is 0. The summed E-state index contributed by atoms with van der Waals surface area (Å²) < 4.78 is 67.8. The van der Waals surface area contributed by atoms with Gasteiger partial charge in [-0.2, -0.15) is 0 Å². The maximum Gasteiger partial charge on any atom is 0.472 e. The second-order valence-corrected chi connectivity index (χ2v) is 27.1. The molecule has 3 N–H and O–H groups in total. The third kappa shape index (κ3) is 57.8. The van der Waals surface area contributed by atoms with Crippen LogP contribution >= 0.6 is 15.6 Å². The molecule has 6 atom stereocenters. The average Bonchev–Trinajstić information content (AvgIpc) is 3.54. The van der Waals surface area contributed by atoms with Crippen LogP contribution in [0, 0.1) is 11.8 Å². The predicted molar refractivity (Wildman–Crippen MR) is 335 cm³/mol. The third-order valence-corrected chi connectivity index (χ3v) is 17.2. The van der Waals surface area contributed by atoms with Gasteiger partial charge in [-0.1, -0.05) is 273 Å². The van der Waals surface area contributed by atoms with E-state index < -0.39 is 97.5 Å². The van der Waals surface area contributed by atoms with Gasteiger partial charge in [0.25, 0.3) is 0 Å². The Balaban J connectivity index is 5.14. The maximum atomic E-state index is 13.0. The minimum atomic E-state index is -4.94. The molecule has 0 aromatic carbocycles. The lowest BCUT2D eigenvalue weighted by atomic mass is 10.00. The molecule has 0 bridgehead atoms. The van der Waals surface area contributed by atoms with Gasteiger partial charge in [0.15, 0.2) is 12.2 Å². The Kier molecular flexibility index (Phi) is 56.2. The molecule has 498 valence electrons. The van der Waals surface area contributed by atoms with Crippen molar-refractivity contribution in [3.63, 3.8) is 0 Å². The summed E-state index contributed by atoms with van der Waals surface area (Å²) in [5, 5.41) is 10.5. The van der Waals surface area contributed by atoms with E-state index in [0.717, 1.165) is 108 Å². The van der Waals surface area contributed by atoms with Gasteiger partial charge in [0.2, 0.25) is 0 Å². The monoisotopic (exact) mass is 1240 g/mol. The molecular weight excluding hydrogens is 1110 g/mol. The van der Waals surface area contributed by atoms with E-state index in [9.17, 15) is 43.2 Å². The second-order valence-electron chi connectivity index (χ2n) is 24.2. The molecule has 3 unspecified atom stereocenters. The van der Waals surface area contributed by atoms with E-state index in [2.05, 4.69) is 41.5 Å². The molecule has 0 aliphatic rings. The highest BCUT2D eigenvalue weighted by Crippen LogP contribution is 2.45. The summed E-state index contributed by atoms with van der Waals surface area (Å²) in [7, 11) is -9.88. The zero-order valence-corrected chi connectivity index (χ0v) is 56.0. The molecule has 0 radical (unpaired) electrons. The normalized spacial score (nSPS) is 14.6. The minimum Gasteiger partial charge on any atom is -0.462 e. The number of rotatable bonds is 64. The van der Waals surface area contributed by atoms with Crippen LogP contribution in [0.25, 0.3) is 0 Å². The van der Waals surface area contributed by atoms with Crippen LogP contribution in [0.3, 0.4) is 0 Å². The lowest BCUT2D eigenvalue weighted by Gasteiger charge is -2.21. The van der Waals surface area contributed by atoms with Crippen LogP contribution in [0.1, 0.15) is 324 Å². The number of aliphatic hydroxyl groups excluding tert-OH is 1. The maximum absolute atomic E-state index is 13.0. The summed E-state index contributed by atoms with van der Waals surface area (Å²) >= 11 is 0. The largest absolute Gasteiger partial charge is 0.472 e. The van der Waals surface area contributed by atoms with Crippen molar-refractivity contribution < 1.29 is 80.2 Å². The van der Waals surface area contributed by atoms with Gasteiger partial charge in [-0.3, -0.25) is 37.3 Å². The number of aliphatic hydroxyl groups is 1. The Morgan fingerprint density at radius 2 is 0.607 bits per heavy atom. The number of esters is 4. The van der Waals surface area contributed by atoms with Crippen LogP contribution in [0.2, 0.25) is 0 Å². The first-order valence-corrected chi connectivity index (χ1v) is 37.0. The minimum absolute atomic E-state index is 0.102. The SMILES string of the molecule is CCCCCCCCCCCCCC(=O)OC[C@H](COP(=O)(O)OC[C@@H](O)COP(=O)(O)OC[C@@H](COC(=O)CCCCCCC)OC(=O)CCCCCCCCC(C)CC)OC(=O)CCCCCCCCCCCCCCCCCC(C)C. The summed E-state index contributed by atoms with van der Waals surface area (Å²) in [5.74, 6) is -0.621. The highest BCUT2D eigenvalue weighted by Gasteiger charge is 2.30. The topological polar surface area (TPSA) is 237 Å². The van der Waals surface area contributed by atoms with Gasteiger partial charge >= 0.3 is 39.5 Å². The van der Waals surface area contributed by atoms with Gasteiger partial charge in [-0.25, -0.2) is 9.13 Å². The number of carbonyl (C=O) groups excluding carboxylic acids is 4. The molecule has 0 aromatic heterocycles. The van der Waals surface area contributed by atoms with E-state index >= 15 is 0 Å². The number of phosphoric ester groups is 2. The van der Waals surface area contributed by atoms with Crippen molar-refractivity contribution in [2.45, 2.75) is 342 Å². The number of phosphoric acid groups is 2. The number of hydrogen-bond acceptors (Lipinski definition) is 15. The van der Waals surface area contributed by atoms with Crippen molar-refractivity contribution in [2.24, 2.45) is 11.8 Å². The Morgan fingerprint density at radius 3 is 0.905 bits per heavy atom. The van der Waals surface area contributed by atoms with Crippen molar-refractivity contribution >= 4 is 39.5 Å². The van der Waals surface area contributed by atoms with E-state index in [1.54, 1.807) is 0 Å². The second kappa shape index (κ2) is 57.5. The van der Waals surface area contributed by atoms with Crippen LogP contribution in [0.4, 0.5) is 0 Å². The molecular formula is C65H126O17P2. The molecule has 0 saturated carbocycles. The van der Waals surface area contributed by atoms with Gasteiger partial charge in [-0.15, -0.1) is 0 Å². The van der Waals surface area contributed by atoms with Crippen molar-refractivity contribution in [1.29, 1.82) is 0 Å². The Hall–Kier alpha value is -1.94. The number of hydrogen-bond donors (Lipinski definition) is 3. The summed E-state index contributed by atoms with van der Waals surface area (Å²) in [4.78, 5) is 72.0. The molecule has 0 aliphatic heterocycles. The molecule has 0 saturated heterocycles. The van der Waals surface area contributed by atoms with Crippen LogP contribution < -0.4 is 0 Å². The van der Waals surface area contributed by atoms with Crippen molar-refractivity contribution in [1.82, 2.24) is 0 Å². The molecule has 0 fully saturated rings. The highest BCUT2D eigenvalue weighted by atomic mass is 31.2. The number of carbonyl (C=O) groups is 4. The first-order valence-electron chi connectivity index (χ1n) is 34.0. The first-order chi connectivity index (χ1) is 40.4. The van der Waals surface area contributed by atoms with E-state index in [-0.39, 0.29) is 25.7 Å². The zero-order valence-electron chi connectivity index (χ0n) is 54.2. The molecule has 0 aliphatic carbocycles. The van der Waals surface area contributed by atoms with Gasteiger partial charge < -0.3 is 33.8 Å².